The first-order valence-corrected chi connectivity index (χ1v) is 9.14. The number of fused-ring (bicyclic) bond motifs is 5. The average molecular weight is 308 g/mol. The van der Waals surface area contributed by atoms with Crippen molar-refractivity contribution in [2.45, 2.75) is 12.8 Å². The Morgan fingerprint density at radius 2 is 1.58 bits per heavy atom. The topological polar surface area (TPSA) is 0 Å². The van der Waals surface area contributed by atoms with Gasteiger partial charge in [0.15, 0.2) is 0 Å². The molecule has 0 saturated heterocycles. The fourth-order valence-electron chi connectivity index (χ4n) is 5.60. The molecule has 3 unspecified atom stereocenters. The minimum atomic E-state index is 0.506. The zero-order chi connectivity index (χ0) is 15.8. The van der Waals surface area contributed by atoms with Gasteiger partial charge < -0.3 is 0 Å². The highest BCUT2D eigenvalue weighted by Crippen LogP contribution is 2.57. The van der Waals surface area contributed by atoms with Gasteiger partial charge in [-0.1, -0.05) is 79.8 Å². The summed E-state index contributed by atoms with van der Waals surface area (Å²) >= 11 is 0. The van der Waals surface area contributed by atoms with Gasteiger partial charge in [0.2, 0.25) is 0 Å². The minimum Gasteiger partial charge on any atom is -0.0807 e. The summed E-state index contributed by atoms with van der Waals surface area (Å²) in [5.41, 5.74) is 6.22. The van der Waals surface area contributed by atoms with Gasteiger partial charge in [-0.25, -0.2) is 0 Å². The van der Waals surface area contributed by atoms with E-state index < -0.39 is 0 Å². The number of rotatable bonds is 0. The van der Waals surface area contributed by atoms with Crippen LogP contribution in [0.1, 0.15) is 24.0 Å². The summed E-state index contributed by atoms with van der Waals surface area (Å²) in [5.74, 6) is 3.00. The van der Waals surface area contributed by atoms with Crippen molar-refractivity contribution in [3.63, 3.8) is 0 Å². The molecule has 116 valence electrons. The monoisotopic (exact) mass is 308 g/mol. The fourth-order valence-corrected chi connectivity index (χ4v) is 5.60. The number of benzene rings is 2. The molecule has 0 heterocycles. The maximum atomic E-state index is 2.50. The van der Waals surface area contributed by atoms with Crippen LogP contribution in [-0.2, 0) is 0 Å². The van der Waals surface area contributed by atoms with Crippen molar-refractivity contribution in [3.05, 3.63) is 89.6 Å². The van der Waals surface area contributed by atoms with Crippen LogP contribution >= 0.6 is 0 Å². The smallest absolute Gasteiger partial charge is 0.00729 e. The third kappa shape index (κ3) is 1.45. The van der Waals surface area contributed by atoms with E-state index in [0.717, 1.165) is 0 Å². The Kier molecular flexibility index (Phi) is 2.38. The lowest BCUT2D eigenvalue weighted by Gasteiger charge is -2.25. The van der Waals surface area contributed by atoms with Crippen LogP contribution < -0.4 is 0 Å². The predicted molar refractivity (Wildman–Crippen MR) is 101 cm³/mol. The van der Waals surface area contributed by atoms with Crippen molar-refractivity contribution in [1.82, 2.24) is 0 Å². The molecule has 0 heteroatoms. The predicted octanol–water partition coefficient (Wildman–Crippen LogP) is 5.88. The zero-order valence-electron chi connectivity index (χ0n) is 13.8. The van der Waals surface area contributed by atoms with Gasteiger partial charge in [-0.15, -0.1) is 0 Å². The van der Waals surface area contributed by atoms with Gasteiger partial charge in [0.05, 0.1) is 0 Å². The molecule has 24 heavy (non-hydrogen) atoms. The molecular weight excluding hydrogens is 288 g/mol. The van der Waals surface area contributed by atoms with Crippen LogP contribution in [0.5, 0.6) is 0 Å². The first-order valence-electron chi connectivity index (χ1n) is 9.14. The normalized spacial score (nSPS) is 34.6. The molecule has 2 aromatic rings. The quantitative estimate of drug-likeness (QED) is 0.533. The van der Waals surface area contributed by atoms with E-state index in [2.05, 4.69) is 79.8 Å². The molecule has 0 bridgehead atoms. The Bertz CT molecular complexity index is 998. The van der Waals surface area contributed by atoms with Gasteiger partial charge in [-0.3, -0.25) is 0 Å². The van der Waals surface area contributed by atoms with E-state index >= 15 is 0 Å². The van der Waals surface area contributed by atoms with Gasteiger partial charge in [0, 0.05) is 11.8 Å². The first-order chi connectivity index (χ1) is 11.8. The highest BCUT2D eigenvalue weighted by molar-refractivity contribution is 6.00. The van der Waals surface area contributed by atoms with Gasteiger partial charge in [-0.2, -0.15) is 0 Å². The van der Waals surface area contributed by atoms with E-state index in [1.165, 1.54) is 21.9 Å². The standard InChI is InChI=1S/C24H20/c1-14-18-11-8-15-4-2-3-5-20(15)23(18)24-19(14)12-9-16-6-7-17-10-13-21(24)22(16)17/h2-14,16-17,21-22H,1H3/t14-,16?,17?,21?,22+/m1/s1. The lowest BCUT2D eigenvalue weighted by molar-refractivity contribution is 0.400. The SMILES string of the molecule is C[C@H]1C2=C(c3c1ccc1ccccc31)C1C=CC3C=CC(C=C2)[C@@H]31. The molecule has 6 rings (SSSR count). The second kappa shape index (κ2) is 4.39. The molecule has 0 aromatic heterocycles. The summed E-state index contributed by atoms with van der Waals surface area (Å²) < 4.78 is 0. The van der Waals surface area contributed by atoms with Crippen LogP contribution in [-0.4, -0.2) is 0 Å². The molecule has 4 aliphatic carbocycles. The van der Waals surface area contributed by atoms with E-state index in [1.807, 2.05) is 0 Å². The van der Waals surface area contributed by atoms with Crippen LogP contribution in [0.4, 0.5) is 0 Å². The highest BCUT2D eigenvalue weighted by atomic mass is 14.5. The first kappa shape index (κ1) is 13.0. The number of hydrogen-bond acceptors (Lipinski definition) is 0. The van der Waals surface area contributed by atoms with E-state index in [1.54, 1.807) is 11.1 Å². The maximum Gasteiger partial charge on any atom is 0.00729 e. The van der Waals surface area contributed by atoms with E-state index in [9.17, 15) is 0 Å². The third-order valence-electron chi connectivity index (χ3n) is 6.71. The van der Waals surface area contributed by atoms with Crippen molar-refractivity contribution < 1.29 is 0 Å². The minimum absolute atomic E-state index is 0.506. The zero-order valence-corrected chi connectivity index (χ0v) is 13.8. The van der Waals surface area contributed by atoms with E-state index in [4.69, 9.17) is 0 Å². The Hall–Kier alpha value is -2.34. The Morgan fingerprint density at radius 3 is 2.50 bits per heavy atom. The molecule has 0 radical (unpaired) electrons. The van der Waals surface area contributed by atoms with Crippen molar-refractivity contribution in [3.8, 4) is 0 Å². The molecule has 0 aliphatic heterocycles. The molecule has 0 N–H and O–H groups in total. The average Bonchev–Trinajstić information content (AvgIpc) is 3.24. The number of hydrogen-bond donors (Lipinski definition) is 0. The van der Waals surface area contributed by atoms with Crippen LogP contribution in [0.15, 0.2) is 78.4 Å². The molecule has 5 atom stereocenters. The summed E-state index contributed by atoms with van der Waals surface area (Å²) in [5, 5.41) is 2.80. The van der Waals surface area contributed by atoms with Gasteiger partial charge in [0.25, 0.3) is 0 Å². The summed E-state index contributed by atoms with van der Waals surface area (Å²) in [4.78, 5) is 0. The molecule has 0 saturated carbocycles. The summed E-state index contributed by atoms with van der Waals surface area (Å²) in [7, 11) is 0. The second-order valence-electron chi connectivity index (χ2n) is 7.73. The lowest BCUT2D eigenvalue weighted by atomic mass is 9.78. The van der Waals surface area contributed by atoms with Crippen molar-refractivity contribution in [2.75, 3.05) is 0 Å². The largest absolute Gasteiger partial charge is 0.0807 e. The molecule has 2 aromatic carbocycles. The Labute approximate surface area is 142 Å². The Balaban J connectivity index is 1.67. The third-order valence-corrected chi connectivity index (χ3v) is 6.71. The van der Waals surface area contributed by atoms with E-state index in [0.29, 0.717) is 29.6 Å². The van der Waals surface area contributed by atoms with Crippen molar-refractivity contribution in [2.24, 2.45) is 23.7 Å². The summed E-state index contributed by atoms with van der Waals surface area (Å²) in [6.07, 6.45) is 14.7. The van der Waals surface area contributed by atoms with Crippen LogP contribution in [0.25, 0.3) is 16.3 Å². The van der Waals surface area contributed by atoms with Gasteiger partial charge in [0.1, 0.15) is 0 Å². The van der Waals surface area contributed by atoms with Crippen LogP contribution in [0.2, 0.25) is 0 Å². The second-order valence-corrected chi connectivity index (χ2v) is 7.73. The Morgan fingerprint density at radius 1 is 0.792 bits per heavy atom. The van der Waals surface area contributed by atoms with Crippen LogP contribution in [0.3, 0.4) is 0 Å². The molecule has 0 fully saturated rings. The van der Waals surface area contributed by atoms with Crippen molar-refractivity contribution >= 4 is 16.3 Å². The van der Waals surface area contributed by atoms with Gasteiger partial charge in [-0.05, 0) is 50.8 Å². The summed E-state index contributed by atoms with van der Waals surface area (Å²) in [6, 6.07) is 13.6. The molecular formula is C24H20. The van der Waals surface area contributed by atoms with Gasteiger partial charge >= 0.3 is 0 Å². The lowest BCUT2D eigenvalue weighted by Crippen LogP contribution is -2.18. The highest BCUT2D eigenvalue weighted by Gasteiger charge is 2.44. The van der Waals surface area contributed by atoms with Crippen LogP contribution in [0, 0.1) is 23.7 Å². The maximum absolute atomic E-state index is 2.50. The van der Waals surface area contributed by atoms with Crippen molar-refractivity contribution in [1.29, 1.82) is 0 Å². The summed E-state index contributed by atoms with van der Waals surface area (Å²) in [6.45, 7) is 2.38. The molecule has 0 amide bonds. The molecule has 0 nitrogen and oxygen atoms in total. The number of allylic oxidation sites excluding steroid dienone is 8. The van der Waals surface area contributed by atoms with E-state index in [-0.39, 0.29) is 0 Å². The fraction of sp³-hybridized carbons (Fsp3) is 0.250. The molecule has 4 aliphatic rings. The molecule has 0 spiro atoms.